The molecule has 0 radical (unpaired) electrons. The molecule has 0 aliphatic carbocycles. The first-order valence-electron chi connectivity index (χ1n) is 10.9. The molecule has 3 rings (SSSR count). The quantitative estimate of drug-likeness (QED) is 0.258. The smallest absolute Gasteiger partial charge is 0.251 e. The van der Waals surface area contributed by atoms with E-state index in [2.05, 4.69) is 27.8 Å². The molecule has 1 saturated heterocycles. The number of hydrogen-bond acceptors (Lipinski definition) is 4. The van der Waals surface area contributed by atoms with Gasteiger partial charge in [-0.15, -0.1) is 24.0 Å². The van der Waals surface area contributed by atoms with Gasteiger partial charge in [0.25, 0.3) is 5.91 Å². The van der Waals surface area contributed by atoms with E-state index in [9.17, 15) is 4.79 Å². The summed E-state index contributed by atoms with van der Waals surface area (Å²) in [6.07, 6.45) is 4.19. The maximum absolute atomic E-state index is 12.1. The summed E-state index contributed by atoms with van der Waals surface area (Å²) in [5, 5.41) is 9.62. The largest absolute Gasteiger partial charge is 0.468 e. The Hall–Kier alpha value is -2.07. The maximum Gasteiger partial charge on any atom is 0.251 e. The molecule has 2 heterocycles. The lowest BCUT2D eigenvalue weighted by Gasteiger charge is -2.26. The van der Waals surface area contributed by atoms with Crippen LogP contribution in [-0.2, 0) is 6.54 Å². The van der Waals surface area contributed by atoms with Crippen molar-refractivity contribution in [3.05, 3.63) is 59.5 Å². The van der Waals surface area contributed by atoms with Crippen molar-refractivity contribution in [1.82, 2.24) is 20.9 Å². The molecule has 1 fully saturated rings. The third kappa shape index (κ3) is 7.53. The van der Waals surface area contributed by atoms with Gasteiger partial charge in [-0.1, -0.05) is 12.1 Å². The van der Waals surface area contributed by atoms with Crippen molar-refractivity contribution < 1.29 is 9.21 Å². The SMILES string of the molecule is CCNC(=O)c1cccc(CN=C(NCC)NCC(c2ccco2)N2CCCC2)c1.I. The van der Waals surface area contributed by atoms with E-state index in [-0.39, 0.29) is 35.9 Å². The summed E-state index contributed by atoms with van der Waals surface area (Å²) in [6, 6.07) is 11.8. The second-order valence-electron chi connectivity index (χ2n) is 7.41. The number of halogens is 1. The molecule has 1 aromatic carbocycles. The van der Waals surface area contributed by atoms with Gasteiger partial charge in [0.05, 0.1) is 18.8 Å². The summed E-state index contributed by atoms with van der Waals surface area (Å²) in [6.45, 7) is 8.76. The highest BCUT2D eigenvalue weighted by molar-refractivity contribution is 14.0. The maximum atomic E-state index is 12.1. The van der Waals surface area contributed by atoms with Crippen LogP contribution in [0.25, 0.3) is 0 Å². The van der Waals surface area contributed by atoms with Gasteiger partial charge in [-0.05, 0) is 69.6 Å². The Morgan fingerprint density at radius 3 is 2.55 bits per heavy atom. The molecule has 1 aliphatic heterocycles. The number of carbonyl (C=O) groups is 1. The molecule has 7 nitrogen and oxygen atoms in total. The van der Waals surface area contributed by atoms with Gasteiger partial charge in [0.15, 0.2) is 5.96 Å². The fraction of sp³-hybridized carbons (Fsp3) is 0.478. The topological polar surface area (TPSA) is 81.9 Å². The lowest BCUT2D eigenvalue weighted by atomic mass is 10.1. The number of amides is 1. The number of hydrogen-bond donors (Lipinski definition) is 3. The van der Waals surface area contributed by atoms with E-state index in [0.29, 0.717) is 18.7 Å². The van der Waals surface area contributed by atoms with Gasteiger partial charge in [0.2, 0.25) is 0 Å². The number of likely N-dealkylation sites (tertiary alicyclic amines) is 1. The molecular formula is C23H34IN5O2. The van der Waals surface area contributed by atoms with Crippen LogP contribution in [0.5, 0.6) is 0 Å². The summed E-state index contributed by atoms with van der Waals surface area (Å²) >= 11 is 0. The van der Waals surface area contributed by atoms with Gasteiger partial charge in [-0.25, -0.2) is 4.99 Å². The molecule has 3 N–H and O–H groups in total. The minimum absolute atomic E-state index is 0. The minimum Gasteiger partial charge on any atom is -0.468 e. The van der Waals surface area contributed by atoms with Crippen LogP contribution < -0.4 is 16.0 Å². The van der Waals surface area contributed by atoms with Crippen molar-refractivity contribution in [2.45, 2.75) is 39.3 Å². The van der Waals surface area contributed by atoms with Gasteiger partial charge in [-0.2, -0.15) is 0 Å². The van der Waals surface area contributed by atoms with Crippen LogP contribution in [0.2, 0.25) is 0 Å². The number of furan rings is 1. The zero-order chi connectivity index (χ0) is 21.2. The van der Waals surface area contributed by atoms with Crippen molar-refractivity contribution in [2.24, 2.45) is 4.99 Å². The molecule has 2 aromatic rings. The highest BCUT2D eigenvalue weighted by Gasteiger charge is 2.25. The van der Waals surface area contributed by atoms with E-state index in [1.165, 1.54) is 12.8 Å². The van der Waals surface area contributed by atoms with Crippen LogP contribution in [0.15, 0.2) is 52.1 Å². The summed E-state index contributed by atoms with van der Waals surface area (Å²) in [5.41, 5.74) is 1.66. The Morgan fingerprint density at radius 1 is 1.10 bits per heavy atom. The van der Waals surface area contributed by atoms with E-state index in [0.717, 1.165) is 43.5 Å². The van der Waals surface area contributed by atoms with Crippen molar-refractivity contribution in [1.29, 1.82) is 0 Å². The first kappa shape index (κ1) is 25.2. The first-order valence-corrected chi connectivity index (χ1v) is 10.9. The Labute approximate surface area is 202 Å². The van der Waals surface area contributed by atoms with Crippen LogP contribution in [0.1, 0.15) is 54.4 Å². The van der Waals surface area contributed by atoms with E-state index in [1.54, 1.807) is 6.26 Å². The molecule has 1 unspecified atom stereocenters. The Morgan fingerprint density at radius 2 is 1.87 bits per heavy atom. The highest BCUT2D eigenvalue weighted by Crippen LogP contribution is 2.24. The highest BCUT2D eigenvalue weighted by atomic mass is 127. The van der Waals surface area contributed by atoms with E-state index in [1.807, 2.05) is 43.3 Å². The van der Waals surface area contributed by atoms with Crippen molar-refractivity contribution in [3.63, 3.8) is 0 Å². The van der Waals surface area contributed by atoms with Crippen LogP contribution >= 0.6 is 24.0 Å². The predicted molar refractivity (Wildman–Crippen MR) is 135 cm³/mol. The van der Waals surface area contributed by atoms with Gasteiger partial charge >= 0.3 is 0 Å². The lowest BCUT2D eigenvalue weighted by Crippen LogP contribution is -2.42. The normalized spacial score (nSPS) is 15.2. The molecular weight excluding hydrogens is 505 g/mol. The van der Waals surface area contributed by atoms with Crippen molar-refractivity contribution in [2.75, 3.05) is 32.7 Å². The Balaban J connectivity index is 0.00000341. The van der Waals surface area contributed by atoms with Gasteiger partial charge in [0.1, 0.15) is 5.76 Å². The van der Waals surface area contributed by atoms with E-state index < -0.39 is 0 Å². The second kappa shape index (κ2) is 13.4. The van der Waals surface area contributed by atoms with Gasteiger partial charge < -0.3 is 20.4 Å². The molecule has 170 valence electrons. The fourth-order valence-corrected chi connectivity index (χ4v) is 3.72. The second-order valence-corrected chi connectivity index (χ2v) is 7.41. The molecule has 1 aliphatic rings. The predicted octanol–water partition coefficient (Wildman–Crippen LogP) is 3.54. The van der Waals surface area contributed by atoms with Crippen LogP contribution in [0.3, 0.4) is 0 Å². The number of guanidine groups is 1. The molecule has 1 aromatic heterocycles. The molecule has 8 heteroatoms. The summed E-state index contributed by atoms with van der Waals surface area (Å²) in [7, 11) is 0. The standard InChI is InChI=1S/C23H33N5O2.HI/c1-3-24-22(29)19-10-7-9-18(15-19)16-26-23(25-4-2)27-17-20(21-11-8-14-30-21)28-12-5-6-13-28;/h7-11,14-15,20H,3-6,12-13,16-17H2,1-2H3,(H,24,29)(H2,25,26,27);1H. The third-order valence-corrected chi connectivity index (χ3v) is 5.21. The number of aliphatic imine (C=N–C) groups is 1. The van der Waals surface area contributed by atoms with Crippen LogP contribution in [0, 0.1) is 0 Å². The summed E-state index contributed by atoms with van der Waals surface area (Å²) in [4.78, 5) is 19.3. The van der Waals surface area contributed by atoms with Crippen LogP contribution in [0.4, 0.5) is 0 Å². The molecule has 1 atom stereocenters. The molecule has 31 heavy (non-hydrogen) atoms. The number of benzene rings is 1. The molecule has 1 amide bonds. The first-order chi connectivity index (χ1) is 14.7. The van der Waals surface area contributed by atoms with Crippen molar-refractivity contribution in [3.8, 4) is 0 Å². The summed E-state index contributed by atoms with van der Waals surface area (Å²) < 4.78 is 5.71. The Bertz CT molecular complexity index is 819. The van der Waals surface area contributed by atoms with Gasteiger partial charge in [-0.3, -0.25) is 9.69 Å². The zero-order valence-electron chi connectivity index (χ0n) is 18.4. The minimum atomic E-state index is -0.0553. The molecule has 0 saturated carbocycles. The zero-order valence-corrected chi connectivity index (χ0v) is 20.7. The number of rotatable bonds is 9. The molecule has 0 spiro atoms. The monoisotopic (exact) mass is 539 g/mol. The average Bonchev–Trinajstić information content (AvgIpc) is 3.47. The lowest BCUT2D eigenvalue weighted by molar-refractivity contribution is 0.0955. The average molecular weight is 539 g/mol. The summed E-state index contributed by atoms with van der Waals surface area (Å²) in [5.74, 6) is 1.69. The number of carbonyl (C=O) groups excluding carboxylic acids is 1. The number of nitrogens with zero attached hydrogens (tertiary/aromatic N) is 2. The van der Waals surface area contributed by atoms with Gasteiger partial charge in [0, 0.05) is 25.2 Å². The molecule has 0 bridgehead atoms. The van der Waals surface area contributed by atoms with E-state index in [4.69, 9.17) is 9.41 Å². The number of nitrogens with one attached hydrogen (secondary N) is 3. The third-order valence-electron chi connectivity index (χ3n) is 5.21. The van der Waals surface area contributed by atoms with Crippen LogP contribution in [-0.4, -0.2) is 49.5 Å². The fourth-order valence-electron chi connectivity index (χ4n) is 3.72. The van der Waals surface area contributed by atoms with Crippen molar-refractivity contribution >= 4 is 35.8 Å². The Kier molecular flexibility index (Phi) is 10.9. The van der Waals surface area contributed by atoms with E-state index >= 15 is 0 Å².